The van der Waals surface area contributed by atoms with Crippen LogP contribution in [0.5, 0.6) is 0 Å². The highest BCUT2D eigenvalue weighted by molar-refractivity contribution is 7.92. The van der Waals surface area contributed by atoms with Gasteiger partial charge in [0.2, 0.25) is 10.0 Å². The van der Waals surface area contributed by atoms with Gasteiger partial charge in [-0.1, -0.05) is 6.92 Å². The molecule has 25 heavy (non-hydrogen) atoms. The first-order chi connectivity index (χ1) is 11.4. The molecule has 9 heteroatoms. The summed E-state index contributed by atoms with van der Waals surface area (Å²) in [6, 6.07) is 6.14. The number of benzene rings is 1. The van der Waals surface area contributed by atoms with Crippen LogP contribution in [-0.2, 0) is 25.0 Å². The van der Waals surface area contributed by atoms with Crippen LogP contribution in [0.3, 0.4) is 0 Å². The zero-order chi connectivity index (χ0) is 19.0. The topological polar surface area (TPSA) is 87.5 Å². The fourth-order valence-electron chi connectivity index (χ4n) is 3.04. The van der Waals surface area contributed by atoms with Gasteiger partial charge in [-0.05, 0) is 30.7 Å². The Morgan fingerprint density at radius 3 is 2.64 bits per heavy atom. The average Bonchev–Trinajstić information content (AvgIpc) is 2.79. The van der Waals surface area contributed by atoms with Crippen LogP contribution in [0, 0.1) is 11.3 Å². The molecule has 1 aromatic rings. The van der Waals surface area contributed by atoms with Crippen LogP contribution in [0.15, 0.2) is 18.2 Å². The van der Waals surface area contributed by atoms with Crippen molar-refractivity contribution in [2.24, 2.45) is 0 Å². The number of nitriles is 1. The number of fused-ring (bicyclic) bond motifs is 1. The maximum Gasteiger partial charge on any atom is 0.376 e. The molecule has 1 atom stereocenters. The second-order valence-electron chi connectivity index (χ2n) is 6.28. The molecule has 0 radical (unpaired) electrons. The lowest BCUT2D eigenvalue weighted by Crippen LogP contribution is -2.42. The van der Waals surface area contributed by atoms with E-state index in [1.807, 2.05) is 6.07 Å². The SMILES string of the molecule is CCOC(=O)C(F)(F)CC1(C)CN(S(C)(=O)=O)c2ccc(C#N)cc21. The van der Waals surface area contributed by atoms with Crippen molar-refractivity contribution < 1.29 is 26.7 Å². The van der Waals surface area contributed by atoms with E-state index >= 15 is 0 Å². The second kappa shape index (κ2) is 6.26. The van der Waals surface area contributed by atoms with Gasteiger partial charge < -0.3 is 4.74 Å². The normalized spacial score (nSPS) is 20.1. The minimum atomic E-state index is -3.78. The van der Waals surface area contributed by atoms with Gasteiger partial charge in [0.25, 0.3) is 0 Å². The number of alkyl halides is 2. The van der Waals surface area contributed by atoms with Crippen LogP contribution < -0.4 is 4.31 Å². The molecule has 0 saturated heterocycles. The van der Waals surface area contributed by atoms with Gasteiger partial charge in [0.1, 0.15) is 0 Å². The summed E-state index contributed by atoms with van der Waals surface area (Å²) in [5.41, 5.74) is -0.592. The number of anilines is 1. The molecule has 2 rings (SSSR count). The van der Waals surface area contributed by atoms with Crippen LogP contribution in [0.2, 0.25) is 0 Å². The van der Waals surface area contributed by atoms with Gasteiger partial charge in [-0.2, -0.15) is 14.0 Å². The summed E-state index contributed by atoms with van der Waals surface area (Å²) in [7, 11) is -3.70. The summed E-state index contributed by atoms with van der Waals surface area (Å²) >= 11 is 0. The van der Waals surface area contributed by atoms with Crippen molar-refractivity contribution in [2.45, 2.75) is 31.6 Å². The standard InChI is InChI=1S/C16H18F2N2O4S/c1-4-24-14(21)16(17,18)9-15(2)10-20(25(3,22)23)13-6-5-11(8-19)7-12(13)15/h5-7H,4,9-10H2,1-3H3. The van der Waals surface area contributed by atoms with Crippen molar-refractivity contribution in [1.29, 1.82) is 5.26 Å². The molecule has 0 spiro atoms. The Morgan fingerprint density at radius 2 is 2.12 bits per heavy atom. The monoisotopic (exact) mass is 372 g/mol. The van der Waals surface area contributed by atoms with E-state index in [4.69, 9.17) is 5.26 Å². The first-order valence-corrected chi connectivity index (χ1v) is 9.37. The number of carbonyl (C=O) groups is 1. The number of ether oxygens (including phenoxy) is 1. The van der Waals surface area contributed by atoms with Crippen LogP contribution in [0.25, 0.3) is 0 Å². The van der Waals surface area contributed by atoms with Crippen molar-refractivity contribution >= 4 is 21.7 Å². The molecule has 6 nitrogen and oxygen atoms in total. The predicted octanol–water partition coefficient (Wildman–Crippen LogP) is 2.18. The van der Waals surface area contributed by atoms with Gasteiger partial charge in [0, 0.05) is 18.4 Å². The molecule has 1 aromatic carbocycles. The highest BCUT2D eigenvalue weighted by Gasteiger charge is 2.52. The molecule has 0 saturated carbocycles. The molecule has 0 aliphatic carbocycles. The maximum atomic E-state index is 14.3. The first kappa shape index (κ1) is 19.1. The molecule has 1 aliphatic heterocycles. The zero-order valence-electron chi connectivity index (χ0n) is 14.0. The Hall–Kier alpha value is -2.21. The van der Waals surface area contributed by atoms with E-state index in [-0.39, 0.29) is 24.4 Å². The van der Waals surface area contributed by atoms with Gasteiger partial charge in [0.15, 0.2) is 0 Å². The summed E-state index contributed by atoms with van der Waals surface area (Å²) < 4.78 is 58.1. The van der Waals surface area contributed by atoms with Gasteiger partial charge in [-0.25, -0.2) is 13.2 Å². The van der Waals surface area contributed by atoms with Crippen LogP contribution in [0.1, 0.15) is 31.4 Å². The molecular formula is C16H18F2N2O4S. The van der Waals surface area contributed by atoms with E-state index in [1.54, 1.807) is 0 Å². The summed E-state index contributed by atoms with van der Waals surface area (Å²) in [5.74, 6) is -5.43. The Kier molecular flexibility index (Phi) is 4.79. The fraction of sp³-hybridized carbons (Fsp3) is 0.500. The third kappa shape index (κ3) is 3.58. The highest BCUT2D eigenvalue weighted by Crippen LogP contribution is 2.47. The Morgan fingerprint density at radius 1 is 1.48 bits per heavy atom. The number of sulfonamides is 1. The number of nitrogens with zero attached hydrogens (tertiary/aromatic N) is 2. The largest absolute Gasteiger partial charge is 0.462 e. The molecule has 0 fully saturated rings. The molecule has 0 N–H and O–H groups in total. The van der Waals surface area contributed by atoms with Crippen LogP contribution in [-0.4, -0.2) is 39.7 Å². The number of hydrogen-bond acceptors (Lipinski definition) is 5. The maximum absolute atomic E-state index is 14.3. The van der Waals surface area contributed by atoms with Crippen molar-refractivity contribution in [3.63, 3.8) is 0 Å². The smallest absolute Gasteiger partial charge is 0.376 e. The van der Waals surface area contributed by atoms with E-state index < -0.39 is 33.8 Å². The number of halogens is 2. The molecule has 0 bridgehead atoms. The summed E-state index contributed by atoms with van der Waals surface area (Å²) in [6.07, 6.45) is 0.0525. The Balaban J connectivity index is 2.52. The lowest BCUT2D eigenvalue weighted by Gasteiger charge is -2.29. The van der Waals surface area contributed by atoms with Crippen molar-refractivity contribution in [2.75, 3.05) is 23.7 Å². The predicted molar refractivity (Wildman–Crippen MR) is 86.9 cm³/mol. The molecule has 136 valence electrons. The number of hydrogen-bond donors (Lipinski definition) is 0. The molecular weight excluding hydrogens is 354 g/mol. The number of esters is 1. The van der Waals surface area contributed by atoms with Gasteiger partial charge in [-0.15, -0.1) is 0 Å². The summed E-state index contributed by atoms with van der Waals surface area (Å²) in [4.78, 5) is 11.6. The minimum Gasteiger partial charge on any atom is -0.462 e. The van der Waals surface area contributed by atoms with E-state index in [0.29, 0.717) is 5.56 Å². The average molecular weight is 372 g/mol. The Bertz CT molecular complexity index is 848. The lowest BCUT2D eigenvalue weighted by atomic mass is 9.78. The van der Waals surface area contributed by atoms with Gasteiger partial charge in [-0.3, -0.25) is 4.31 Å². The third-order valence-corrected chi connectivity index (χ3v) is 5.25. The van der Waals surface area contributed by atoms with E-state index in [9.17, 15) is 22.0 Å². The van der Waals surface area contributed by atoms with Crippen molar-refractivity contribution in [3.8, 4) is 6.07 Å². The van der Waals surface area contributed by atoms with E-state index in [1.165, 1.54) is 32.0 Å². The van der Waals surface area contributed by atoms with Gasteiger partial charge >= 0.3 is 11.9 Å². The molecule has 1 unspecified atom stereocenters. The first-order valence-electron chi connectivity index (χ1n) is 7.52. The number of carbonyl (C=O) groups excluding carboxylic acids is 1. The van der Waals surface area contributed by atoms with E-state index in [0.717, 1.165) is 10.6 Å². The quantitative estimate of drug-likeness (QED) is 0.740. The molecule has 1 aliphatic rings. The zero-order valence-corrected chi connectivity index (χ0v) is 14.9. The second-order valence-corrected chi connectivity index (χ2v) is 8.18. The molecule has 0 aromatic heterocycles. The Labute approximate surface area is 145 Å². The highest BCUT2D eigenvalue weighted by atomic mass is 32.2. The lowest BCUT2D eigenvalue weighted by molar-refractivity contribution is -0.174. The van der Waals surface area contributed by atoms with Crippen LogP contribution in [0.4, 0.5) is 14.5 Å². The van der Waals surface area contributed by atoms with Crippen LogP contribution >= 0.6 is 0 Å². The third-order valence-electron chi connectivity index (χ3n) is 4.12. The minimum absolute atomic E-state index is 0.185. The van der Waals surface area contributed by atoms with E-state index in [2.05, 4.69) is 4.74 Å². The molecule has 1 heterocycles. The number of rotatable bonds is 5. The van der Waals surface area contributed by atoms with Crippen molar-refractivity contribution in [3.05, 3.63) is 29.3 Å². The van der Waals surface area contributed by atoms with Crippen molar-refractivity contribution in [1.82, 2.24) is 0 Å². The fourth-order valence-corrected chi connectivity index (χ4v) is 4.08. The summed E-state index contributed by atoms with van der Waals surface area (Å²) in [5, 5.41) is 9.05. The van der Waals surface area contributed by atoms with Gasteiger partial charge in [0.05, 0.1) is 30.2 Å². The summed E-state index contributed by atoms with van der Waals surface area (Å²) in [6.45, 7) is 2.44. The molecule has 0 amide bonds.